The second-order valence-corrected chi connectivity index (χ2v) is 8.73. The first-order valence-electron chi connectivity index (χ1n) is 11.0. The first-order valence-corrected chi connectivity index (χ1v) is 11.0. The highest BCUT2D eigenvalue weighted by molar-refractivity contribution is 6.06. The van der Waals surface area contributed by atoms with Crippen LogP contribution in [-0.4, -0.2) is 23.0 Å². The average Bonchev–Trinajstić information content (AvgIpc) is 3.51. The molecule has 5 heteroatoms. The third-order valence-electron chi connectivity index (χ3n) is 6.90. The fraction of sp³-hybridized carbons (Fsp3) is 0.222. The van der Waals surface area contributed by atoms with Crippen LogP contribution in [0.5, 0.6) is 5.75 Å². The molecule has 0 spiro atoms. The number of imide groups is 1. The molecule has 2 aliphatic carbocycles. The van der Waals surface area contributed by atoms with Crippen molar-refractivity contribution < 1.29 is 14.3 Å². The Morgan fingerprint density at radius 3 is 2.44 bits per heavy atom. The number of carbonyl (C=O) groups is 2. The second kappa shape index (κ2) is 7.45. The van der Waals surface area contributed by atoms with Crippen LogP contribution < -0.4 is 4.74 Å². The van der Waals surface area contributed by atoms with Gasteiger partial charge in [-0.2, -0.15) is 10.1 Å². The van der Waals surface area contributed by atoms with Gasteiger partial charge in [0.15, 0.2) is 0 Å². The SMILES string of the molecule is O=C1[C@@H]2[C@@H](C(=O)N1/N=C\c1cccc(OCc3cccc4ccccc34)c1)[C@H]1C=C[C@H]2C1. The molecule has 1 heterocycles. The molecule has 2 bridgehead atoms. The Hall–Kier alpha value is -3.73. The zero-order chi connectivity index (χ0) is 21.7. The highest BCUT2D eigenvalue weighted by atomic mass is 16.5. The Balaban J connectivity index is 1.17. The molecule has 4 atom stereocenters. The van der Waals surface area contributed by atoms with Crippen LogP contribution in [0.3, 0.4) is 0 Å². The van der Waals surface area contributed by atoms with Crippen molar-refractivity contribution in [2.24, 2.45) is 28.8 Å². The molecule has 1 aliphatic heterocycles. The number of benzene rings is 3. The van der Waals surface area contributed by atoms with Crippen molar-refractivity contribution >= 4 is 28.8 Å². The van der Waals surface area contributed by atoms with Crippen LogP contribution in [0.15, 0.2) is 84.0 Å². The lowest BCUT2D eigenvalue weighted by molar-refractivity contribution is -0.140. The first kappa shape index (κ1) is 19.0. The Labute approximate surface area is 186 Å². The van der Waals surface area contributed by atoms with Gasteiger partial charge in [0.05, 0.1) is 18.1 Å². The fourth-order valence-corrected chi connectivity index (χ4v) is 5.39. The van der Waals surface area contributed by atoms with Gasteiger partial charge in [-0.3, -0.25) is 9.59 Å². The van der Waals surface area contributed by atoms with Gasteiger partial charge in [-0.15, -0.1) is 0 Å². The number of fused-ring (bicyclic) bond motifs is 6. The zero-order valence-corrected chi connectivity index (χ0v) is 17.4. The summed E-state index contributed by atoms with van der Waals surface area (Å²) < 4.78 is 6.03. The number of amides is 2. The highest BCUT2D eigenvalue weighted by Gasteiger charge is 2.59. The molecule has 3 aromatic carbocycles. The van der Waals surface area contributed by atoms with E-state index in [0.717, 1.165) is 22.6 Å². The lowest BCUT2D eigenvalue weighted by atomic mass is 9.85. The van der Waals surface area contributed by atoms with E-state index in [1.54, 1.807) is 6.21 Å². The minimum atomic E-state index is -0.231. The molecule has 0 N–H and O–H groups in total. The maximum absolute atomic E-state index is 12.8. The molecule has 2 fully saturated rings. The molecule has 6 rings (SSSR count). The van der Waals surface area contributed by atoms with Crippen LogP contribution in [0.4, 0.5) is 0 Å². The van der Waals surface area contributed by atoms with Gasteiger partial charge in [0.1, 0.15) is 12.4 Å². The van der Waals surface area contributed by atoms with Gasteiger partial charge in [0.2, 0.25) is 0 Å². The molecule has 5 nitrogen and oxygen atoms in total. The quantitative estimate of drug-likeness (QED) is 0.344. The molecule has 1 saturated heterocycles. The third kappa shape index (κ3) is 3.04. The Kier molecular flexibility index (Phi) is 4.42. The van der Waals surface area contributed by atoms with Gasteiger partial charge in [0, 0.05) is 0 Å². The number of allylic oxidation sites excluding steroid dienone is 2. The molecule has 0 radical (unpaired) electrons. The van der Waals surface area contributed by atoms with Crippen molar-refractivity contribution in [2.75, 3.05) is 0 Å². The van der Waals surface area contributed by atoms with Crippen molar-refractivity contribution in [3.05, 3.63) is 90.0 Å². The van der Waals surface area contributed by atoms with E-state index in [0.29, 0.717) is 12.4 Å². The van der Waals surface area contributed by atoms with Gasteiger partial charge >= 0.3 is 0 Å². The predicted molar refractivity (Wildman–Crippen MR) is 122 cm³/mol. The van der Waals surface area contributed by atoms with Crippen molar-refractivity contribution in [3.8, 4) is 5.75 Å². The second-order valence-electron chi connectivity index (χ2n) is 8.73. The summed E-state index contributed by atoms with van der Waals surface area (Å²) in [7, 11) is 0. The number of ether oxygens (including phenoxy) is 1. The minimum Gasteiger partial charge on any atom is -0.489 e. The van der Waals surface area contributed by atoms with Crippen LogP contribution in [0.1, 0.15) is 17.5 Å². The predicted octanol–water partition coefficient (Wildman–Crippen LogP) is 4.56. The Morgan fingerprint density at radius 2 is 1.62 bits per heavy atom. The third-order valence-corrected chi connectivity index (χ3v) is 6.90. The molecule has 0 unspecified atom stereocenters. The normalized spacial score (nSPS) is 25.9. The number of rotatable bonds is 5. The smallest absolute Gasteiger partial charge is 0.254 e. The van der Waals surface area contributed by atoms with E-state index in [1.165, 1.54) is 10.8 Å². The molecule has 32 heavy (non-hydrogen) atoms. The van der Waals surface area contributed by atoms with E-state index in [1.807, 2.05) is 42.5 Å². The van der Waals surface area contributed by atoms with Crippen molar-refractivity contribution in [1.82, 2.24) is 5.01 Å². The van der Waals surface area contributed by atoms with E-state index in [2.05, 4.69) is 41.5 Å². The lowest BCUT2D eigenvalue weighted by Crippen LogP contribution is -2.28. The van der Waals surface area contributed by atoms with Gasteiger partial charge < -0.3 is 4.74 Å². The van der Waals surface area contributed by atoms with Crippen LogP contribution >= 0.6 is 0 Å². The first-order chi connectivity index (χ1) is 15.7. The van der Waals surface area contributed by atoms with Crippen molar-refractivity contribution in [1.29, 1.82) is 0 Å². The van der Waals surface area contributed by atoms with Crippen molar-refractivity contribution in [3.63, 3.8) is 0 Å². The van der Waals surface area contributed by atoms with Crippen LogP contribution in [0.25, 0.3) is 10.8 Å². The number of hydrazone groups is 1. The zero-order valence-electron chi connectivity index (χ0n) is 17.4. The van der Waals surface area contributed by atoms with Gasteiger partial charge in [-0.1, -0.05) is 66.7 Å². The van der Waals surface area contributed by atoms with Crippen molar-refractivity contribution in [2.45, 2.75) is 13.0 Å². The number of hydrogen-bond acceptors (Lipinski definition) is 4. The number of nitrogens with zero attached hydrogens (tertiary/aromatic N) is 2. The fourth-order valence-electron chi connectivity index (χ4n) is 5.39. The van der Waals surface area contributed by atoms with Crippen LogP contribution in [0.2, 0.25) is 0 Å². The van der Waals surface area contributed by atoms with Gasteiger partial charge in [0.25, 0.3) is 11.8 Å². The number of carbonyl (C=O) groups excluding carboxylic acids is 2. The van der Waals surface area contributed by atoms with Gasteiger partial charge in [-0.05, 0) is 52.3 Å². The largest absolute Gasteiger partial charge is 0.489 e. The summed E-state index contributed by atoms with van der Waals surface area (Å²) in [4.78, 5) is 25.5. The molecule has 0 aromatic heterocycles. The number of hydrogen-bond donors (Lipinski definition) is 0. The van der Waals surface area contributed by atoms with E-state index in [4.69, 9.17) is 4.74 Å². The minimum absolute atomic E-state index is 0.170. The summed E-state index contributed by atoms with van der Waals surface area (Å²) in [5, 5.41) is 7.69. The Morgan fingerprint density at radius 1 is 0.906 bits per heavy atom. The van der Waals surface area contributed by atoms with E-state index < -0.39 is 0 Å². The molecule has 3 aromatic rings. The maximum atomic E-state index is 12.8. The molecule has 1 saturated carbocycles. The lowest BCUT2D eigenvalue weighted by Gasteiger charge is -2.13. The summed E-state index contributed by atoms with van der Waals surface area (Å²) >= 11 is 0. The molecular weight excluding hydrogens is 400 g/mol. The summed E-state index contributed by atoms with van der Waals surface area (Å²) in [5.74, 6) is 0.280. The summed E-state index contributed by atoms with van der Waals surface area (Å²) in [6.07, 6.45) is 6.65. The van der Waals surface area contributed by atoms with Crippen LogP contribution in [-0.2, 0) is 16.2 Å². The molecule has 158 valence electrons. The molecule has 3 aliphatic rings. The monoisotopic (exact) mass is 422 g/mol. The molecule has 2 amide bonds. The Bertz CT molecular complexity index is 1260. The average molecular weight is 422 g/mol. The van der Waals surface area contributed by atoms with E-state index >= 15 is 0 Å². The summed E-state index contributed by atoms with van der Waals surface area (Å²) in [6.45, 7) is 0.449. The van der Waals surface area contributed by atoms with E-state index in [9.17, 15) is 9.59 Å². The summed E-state index contributed by atoms with van der Waals surface area (Å²) in [5.41, 5.74) is 1.89. The molecular formula is C27H22N2O3. The van der Waals surface area contributed by atoms with Crippen LogP contribution in [0, 0.1) is 23.7 Å². The van der Waals surface area contributed by atoms with E-state index in [-0.39, 0.29) is 35.5 Å². The maximum Gasteiger partial charge on any atom is 0.254 e. The topological polar surface area (TPSA) is 59.0 Å². The van der Waals surface area contributed by atoms with Gasteiger partial charge in [-0.25, -0.2) is 0 Å². The standard InChI is InChI=1S/C27H22N2O3/c30-26-24-19-11-12-20(14-19)25(24)27(31)29(26)28-15-17-5-3-9-22(13-17)32-16-21-8-4-7-18-6-1-2-10-23(18)21/h1-13,15,19-20,24-25H,14,16H2/b28-15-/t19-,20-,24-,25-/m0/s1. The summed E-state index contributed by atoms with van der Waals surface area (Å²) in [6, 6.07) is 21.9. The highest BCUT2D eigenvalue weighted by Crippen LogP contribution is 2.52.